The van der Waals surface area contributed by atoms with Gasteiger partial charge in [0.15, 0.2) is 6.10 Å². The molecule has 2 aliphatic rings. The van der Waals surface area contributed by atoms with Crippen LogP contribution in [0, 0.1) is 0 Å². The van der Waals surface area contributed by atoms with Gasteiger partial charge >= 0.3 is 6.18 Å². The van der Waals surface area contributed by atoms with E-state index in [9.17, 15) is 32.3 Å². The lowest BCUT2D eigenvalue weighted by Gasteiger charge is -2.27. The molecule has 2 unspecified atom stereocenters. The normalized spacial score (nSPS) is 17.4. The van der Waals surface area contributed by atoms with Crippen molar-refractivity contribution in [2.75, 3.05) is 53.2 Å². The predicted octanol–water partition coefficient (Wildman–Crippen LogP) is 6.00. The van der Waals surface area contributed by atoms with Crippen LogP contribution in [-0.2, 0) is 28.5 Å². The summed E-state index contributed by atoms with van der Waals surface area (Å²) in [6, 6.07) is 5.55. The molecular weight excluding hydrogens is 739 g/mol. The predicted molar refractivity (Wildman–Crippen MR) is 189 cm³/mol. The highest BCUT2D eigenvalue weighted by molar-refractivity contribution is 9.11. The summed E-state index contributed by atoms with van der Waals surface area (Å²) in [5.41, 5.74) is 0.606. The first-order valence-corrected chi connectivity index (χ1v) is 17.8. The van der Waals surface area contributed by atoms with Gasteiger partial charge in [-0.05, 0) is 69.4 Å². The lowest BCUT2D eigenvalue weighted by Crippen LogP contribution is -2.54. The van der Waals surface area contributed by atoms with Gasteiger partial charge in [0.05, 0.1) is 30.9 Å². The van der Waals surface area contributed by atoms with Gasteiger partial charge in [-0.2, -0.15) is 13.2 Å². The fourth-order valence-electron chi connectivity index (χ4n) is 4.92. The number of carbonyl (C=O) groups is 4. The molecule has 2 atom stereocenters. The van der Waals surface area contributed by atoms with E-state index in [4.69, 9.17) is 14.2 Å². The van der Waals surface area contributed by atoms with Crippen LogP contribution in [0.2, 0.25) is 0 Å². The number of ether oxygens (including phenoxy) is 4. The van der Waals surface area contributed by atoms with Crippen molar-refractivity contribution in [1.82, 2.24) is 15.5 Å². The minimum absolute atomic E-state index is 0.0395. The Morgan fingerprint density at radius 2 is 1.65 bits per heavy atom. The summed E-state index contributed by atoms with van der Waals surface area (Å²) in [6.45, 7) is 7.93. The molecular formula is C36H49BrF3N3O8. The molecule has 0 bridgehead atoms. The molecule has 0 spiro atoms. The van der Waals surface area contributed by atoms with E-state index in [1.54, 1.807) is 24.3 Å². The number of fused-ring (bicyclic) bond motifs is 1. The van der Waals surface area contributed by atoms with Crippen LogP contribution in [-0.4, -0.2) is 100 Å². The monoisotopic (exact) mass is 787 g/mol. The van der Waals surface area contributed by atoms with Crippen LogP contribution in [0.1, 0.15) is 79.5 Å². The van der Waals surface area contributed by atoms with Crippen molar-refractivity contribution in [1.29, 1.82) is 0 Å². The number of piperidine rings is 1. The Kier molecular flexibility index (Phi) is 20.6. The average Bonchev–Trinajstić information content (AvgIpc) is 3.35. The summed E-state index contributed by atoms with van der Waals surface area (Å²) >= 11 is 3.44. The SMILES string of the molecule is C\C=C(Br)/C=C\C(=C\CCC)OCCOCCNCCOCCCCC(OC)C(F)(F)F.O=C1CCC(N2C(=O)c3ccccc3C2=O)C(=O)N1. The van der Waals surface area contributed by atoms with Crippen molar-refractivity contribution in [3.05, 3.63) is 69.9 Å². The van der Waals surface area contributed by atoms with Crippen LogP contribution in [0.3, 0.4) is 0 Å². The summed E-state index contributed by atoms with van der Waals surface area (Å²) in [5, 5.41) is 5.35. The van der Waals surface area contributed by atoms with Crippen LogP contribution < -0.4 is 10.6 Å². The third-order valence-electron chi connectivity index (χ3n) is 7.66. The van der Waals surface area contributed by atoms with E-state index in [-0.39, 0.29) is 25.2 Å². The number of unbranched alkanes of at least 4 members (excludes halogenated alkanes) is 2. The second-order valence-corrected chi connectivity index (χ2v) is 12.4. The van der Waals surface area contributed by atoms with E-state index in [1.165, 1.54) is 0 Å². The number of amides is 4. The number of nitrogens with zero attached hydrogens (tertiary/aromatic N) is 1. The first kappa shape index (κ1) is 43.8. The molecule has 1 saturated heterocycles. The number of carbonyl (C=O) groups excluding carboxylic acids is 4. The Bertz CT molecular complexity index is 1330. The molecule has 1 aromatic carbocycles. The van der Waals surface area contributed by atoms with E-state index >= 15 is 0 Å². The number of hydrogen-bond donors (Lipinski definition) is 2. The largest absolute Gasteiger partial charge is 0.492 e. The molecule has 1 fully saturated rings. The fourth-order valence-corrected chi connectivity index (χ4v) is 5.06. The maximum Gasteiger partial charge on any atom is 0.414 e. The Hall–Kier alpha value is -3.37. The second kappa shape index (κ2) is 24.0. The minimum atomic E-state index is -4.30. The molecule has 3 rings (SSSR count). The number of nitrogens with one attached hydrogen (secondary N) is 2. The molecule has 1 aromatic rings. The number of rotatable bonds is 21. The number of allylic oxidation sites excluding steroid dienone is 5. The standard InChI is InChI=1S/C23H39BrF3NO4.C13H10N2O4/c1-4-6-9-21(12-11-20(24)5-2)32-19-18-31-17-14-28-13-16-30-15-8-7-10-22(29-3)23(25,26)27;16-10-6-5-9(11(17)14-10)15-12(18)7-3-1-2-4-8(7)13(15)19/h5,9,11-12,22,28H,4,6-8,10,13-19H2,1-3H3;1-4,9H,5-6H2,(H,14,16,17)/b12-11-,20-5+,21-9-;. The van der Waals surface area contributed by atoms with Crippen LogP contribution >= 0.6 is 15.9 Å². The summed E-state index contributed by atoms with van der Waals surface area (Å²) in [6.07, 6.45) is 5.21. The Morgan fingerprint density at radius 3 is 2.22 bits per heavy atom. The first-order chi connectivity index (χ1) is 24.4. The van der Waals surface area contributed by atoms with Gasteiger partial charge in [-0.15, -0.1) is 0 Å². The van der Waals surface area contributed by atoms with Crippen LogP contribution in [0.4, 0.5) is 13.2 Å². The number of methoxy groups -OCH3 is 1. The zero-order valence-corrected chi connectivity index (χ0v) is 31.0. The number of imide groups is 2. The first-order valence-electron chi connectivity index (χ1n) is 17.0. The summed E-state index contributed by atoms with van der Waals surface area (Å²) in [5.74, 6) is -1.09. The topological polar surface area (TPSA) is 132 Å². The van der Waals surface area contributed by atoms with Gasteiger partial charge in [0.1, 0.15) is 18.4 Å². The molecule has 2 heterocycles. The van der Waals surface area contributed by atoms with Gasteiger partial charge in [-0.25, -0.2) is 0 Å². The molecule has 284 valence electrons. The van der Waals surface area contributed by atoms with Gasteiger partial charge in [-0.1, -0.05) is 47.5 Å². The lowest BCUT2D eigenvalue weighted by atomic mass is 10.0. The highest BCUT2D eigenvalue weighted by Crippen LogP contribution is 2.27. The molecule has 2 aliphatic heterocycles. The maximum absolute atomic E-state index is 12.5. The molecule has 15 heteroatoms. The number of alkyl halides is 3. The van der Waals surface area contributed by atoms with Crippen molar-refractivity contribution in [3.8, 4) is 0 Å². The molecule has 4 amide bonds. The Morgan fingerprint density at radius 1 is 1.00 bits per heavy atom. The second-order valence-electron chi connectivity index (χ2n) is 11.5. The van der Waals surface area contributed by atoms with E-state index in [2.05, 4.69) is 44.3 Å². The molecule has 0 saturated carbocycles. The Labute approximate surface area is 306 Å². The lowest BCUT2D eigenvalue weighted by molar-refractivity contribution is -0.214. The fraction of sp³-hybridized carbons (Fsp3) is 0.556. The van der Waals surface area contributed by atoms with Gasteiger partial charge in [-0.3, -0.25) is 29.4 Å². The molecule has 51 heavy (non-hydrogen) atoms. The third kappa shape index (κ3) is 15.8. The number of halogens is 4. The number of hydrogen-bond acceptors (Lipinski definition) is 9. The minimum Gasteiger partial charge on any atom is -0.492 e. The highest BCUT2D eigenvalue weighted by Gasteiger charge is 2.44. The maximum atomic E-state index is 12.5. The molecule has 2 N–H and O–H groups in total. The van der Waals surface area contributed by atoms with Crippen molar-refractivity contribution >= 4 is 39.6 Å². The van der Waals surface area contributed by atoms with Crippen LogP contribution in [0.25, 0.3) is 0 Å². The van der Waals surface area contributed by atoms with E-state index < -0.39 is 36.0 Å². The third-order valence-corrected chi connectivity index (χ3v) is 8.38. The summed E-state index contributed by atoms with van der Waals surface area (Å²) in [4.78, 5) is 48.1. The average molecular weight is 789 g/mol. The molecule has 0 aliphatic carbocycles. The zero-order chi connectivity index (χ0) is 37.6. The van der Waals surface area contributed by atoms with Gasteiger partial charge in [0.2, 0.25) is 11.8 Å². The highest BCUT2D eigenvalue weighted by atomic mass is 79.9. The summed E-state index contributed by atoms with van der Waals surface area (Å²) < 4.78 is 59.8. The van der Waals surface area contributed by atoms with Gasteiger partial charge < -0.3 is 24.3 Å². The van der Waals surface area contributed by atoms with E-state index in [1.807, 2.05) is 25.2 Å². The van der Waals surface area contributed by atoms with Gasteiger partial charge in [0, 0.05) is 37.7 Å². The van der Waals surface area contributed by atoms with Crippen LogP contribution in [0.5, 0.6) is 0 Å². The van der Waals surface area contributed by atoms with Gasteiger partial charge in [0.25, 0.3) is 11.8 Å². The summed E-state index contributed by atoms with van der Waals surface area (Å²) in [7, 11) is 1.09. The number of benzene rings is 1. The molecule has 0 radical (unpaired) electrons. The smallest absolute Gasteiger partial charge is 0.414 e. The van der Waals surface area contributed by atoms with Crippen molar-refractivity contribution in [2.45, 2.75) is 77.1 Å². The van der Waals surface area contributed by atoms with Crippen molar-refractivity contribution in [2.24, 2.45) is 0 Å². The molecule has 11 nitrogen and oxygen atoms in total. The quantitative estimate of drug-likeness (QED) is 0.0667. The van der Waals surface area contributed by atoms with Crippen LogP contribution in [0.15, 0.2) is 58.8 Å². The van der Waals surface area contributed by atoms with E-state index in [0.717, 1.165) is 35.1 Å². The zero-order valence-electron chi connectivity index (χ0n) is 29.4. The van der Waals surface area contributed by atoms with Crippen molar-refractivity contribution < 1.29 is 51.3 Å². The Balaban J connectivity index is 0.000000397. The van der Waals surface area contributed by atoms with E-state index in [0.29, 0.717) is 70.1 Å². The van der Waals surface area contributed by atoms with Crippen molar-refractivity contribution in [3.63, 3.8) is 0 Å². The molecule has 0 aromatic heterocycles.